The molecule has 1 aromatic carbocycles. The van der Waals surface area contributed by atoms with E-state index in [1.54, 1.807) is 0 Å². The summed E-state index contributed by atoms with van der Waals surface area (Å²) in [6.07, 6.45) is 3.15. The maximum absolute atomic E-state index is 12.5. The highest BCUT2D eigenvalue weighted by Crippen LogP contribution is 2.47. The summed E-state index contributed by atoms with van der Waals surface area (Å²) in [5.74, 6) is -0.636. The first kappa shape index (κ1) is 11.0. The number of aromatic amines is 1. The zero-order valence-electron chi connectivity index (χ0n) is 10.2. The van der Waals surface area contributed by atoms with Crippen molar-refractivity contribution in [3.05, 3.63) is 52.4 Å². The number of hydrogen-bond acceptors (Lipinski definition) is 4. The van der Waals surface area contributed by atoms with Gasteiger partial charge in [0.25, 0.3) is 0 Å². The monoisotopic (exact) mass is 267 g/mol. The van der Waals surface area contributed by atoms with Gasteiger partial charge in [0.15, 0.2) is 11.6 Å². The molecule has 2 aliphatic carbocycles. The van der Waals surface area contributed by atoms with Crippen molar-refractivity contribution in [2.75, 3.05) is 0 Å². The first-order valence-corrected chi connectivity index (χ1v) is 6.13. The van der Waals surface area contributed by atoms with Crippen molar-refractivity contribution in [2.24, 2.45) is 0 Å². The molecule has 0 bridgehead atoms. The third-order valence-electron chi connectivity index (χ3n) is 3.91. The van der Waals surface area contributed by atoms with Crippen molar-refractivity contribution >= 4 is 17.1 Å². The zero-order chi connectivity index (χ0) is 14.0. The van der Waals surface area contributed by atoms with Crippen LogP contribution >= 0.6 is 0 Å². The molecule has 0 amide bonds. The fraction of sp³-hybridized carbons (Fsp3) is 0.0667. The summed E-state index contributed by atoms with van der Waals surface area (Å²) in [7, 11) is 0. The number of H-pyrrole nitrogens is 1. The maximum atomic E-state index is 12.5. The van der Waals surface area contributed by atoms with Crippen LogP contribution in [0.15, 0.2) is 30.1 Å². The summed E-state index contributed by atoms with van der Waals surface area (Å²) >= 11 is 0. The quantitative estimate of drug-likeness (QED) is 0.635. The lowest BCUT2D eigenvalue weighted by atomic mass is 9.86. The Morgan fingerprint density at radius 2 is 1.60 bits per heavy atom. The first-order valence-electron chi connectivity index (χ1n) is 6.13. The summed E-state index contributed by atoms with van der Waals surface area (Å²) in [6, 6.07) is 2.69. The Bertz CT molecular complexity index is 842. The highest BCUT2D eigenvalue weighted by molar-refractivity contribution is 6.42. The van der Waals surface area contributed by atoms with Gasteiger partial charge in [-0.2, -0.15) is 0 Å². The van der Waals surface area contributed by atoms with Gasteiger partial charge in [-0.05, 0) is 12.1 Å². The highest BCUT2D eigenvalue weighted by Gasteiger charge is 2.40. The van der Waals surface area contributed by atoms with Crippen molar-refractivity contribution in [3.8, 4) is 11.5 Å². The van der Waals surface area contributed by atoms with Crippen molar-refractivity contribution in [3.63, 3.8) is 0 Å². The second-order valence-corrected chi connectivity index (χ2v) is 4.93. The van der Waals surface area contributed by atoms with E-state index >= 15 is 0 Å². The van der Waals surface area contributed by atoms with Crippen LogP contribution in [0.3, 0.4) is 0 Å². The minimum absolute atomic E-state index is 0.0148. The van der Waals surface area contributed by atoms with Crippen molar-refractivity contribution in [1.29, 1.82) is 0 Å². The average molecular weight is 267 g/mol. The maximum Gasteiger partial charge on any atom is 0.196 e. The van der Waals surface area contributed by atoms with E-state index in [2.05, 4.69) is 4.98 Å². The van der Waals surface area contributed by atoms with Crippen molar-refractivity contribution in [2.45, 2.75) is 6.42 Å². The van der Waals surface area contributed by atoms with E-state index in [0.717, 1.165) is 0 Å². The minimum Gasteiger partial charge on any atom is -0.508 e. The summed E-state index contributed by atoms with van der Waals surface area (Å²) in [5, 5.41) is 19.9. The molecular weight excluding hydrogens is 258 g/mol. The number of allylic oxidation sites excluding steroid dienone is 2. The van der Waals surface area contributed by atoms with Crippen LogP contribution in [-0.2, 0) is 6.42 Å². The van der Waals surface area contributed by atoms with Crippen molar-refractivity contribution in [1.82, 2.24) is 4.98 Å². The number of carbonyl (C=O) groups is 2. The molecule has 4 rings (SSSR count). The standard InChI is InChI=1S/C15H9NO4/c17-10-1-2-11(18)12-6(10)3-7-13(12)15(20)9-5-16-4-8(9)14(7)19/h1-2,4-5,16-18H,3H2. The van der Waals surface area contributed by atoms with E-state index in [0.29, 0.717) is 22.3 Å². The van der Waals surface area contributed by atoms with Crippen LogP contribution in [0.5, 0.6) is 11.5 Å². The van der Waals surface area contributed by atoms with E-state index in [9.17, 15) is 19.8 Å². The Kier molecular flexibility index (Phi) is 1.87. The molecule has 20 heavy (non-hydrogen) atoms. The predicted molar refractivity (Wildman–Crippen MR) is 69.8 cm³/mol. The van der Waals surface area contributed by atoms with Gasteiger partial charge < -0.3 is 15.2 Å². The zero-order valence-corrected chi connectivity index (χ0v) is 10.2. The first-order chi connectivity index (χ1) is 9.59. The third-order valence-corrected chi connectivity index (χ3v) is 3.91. The fourth-order valence-electron chi connectivity index (χ4n) is 2.98. The number of Topliss-reactive ketones (excluding diaryl/α,β-unsaturated/α-hetero) is 2. The van der Waals surface area contributed by atoms with Gasteiger partial charge >= 0.3 is 0 Å². The lowest BCUT2D eigenvalue weighted by Crippen LogP contribution is -2.17. The smallest absolute Gasteiger partial charge is 0.196 e. The molecule has 1 heterocycles. The van der Waals surface area contributed by atoms with Gasteiger partial charge in [-0.1, -0.05) is 0 Å². The second-order valence-electron chi connectivity index (χ2n) is 4.93. The molecule has 0 radical (unpaired) electrons. The van der Waals surface area contributed by atoms with Gasteiger partial charge in [0.05, 0.1) is 11.1 Å². The summed E-state index contributed by atoms with van der Waals surface area (Å²) in [4.78, 5) is 27.7. The summed E-state index contributed by atoms with van der Waals surface area (Å²) in [6.45, 7) is 0. The molecule has 5 heteroatoms. The number of carbonyl (C=O) groups excluding carboxylic acids is 2. The largest absolute Gasteiger partial charge is 0.508 e. The predicted octanol–water partition coefficient (Wildman–Crippen LogP) is 1.81. The minimum atomic E-state index is -0.296. The number of phenolic OH excluding ortho intramolecular Hbond substituents is 2. The topological polar surface area (TPSA) is 90.4 Å². The Morgan fingerprint density at radius 1 is 0.950 bits per heavy atom. The van der Waals surface area contributed by atoms with Gasteiger partial charge in [-0.25, -0.2) is 0 Å². The molecule has 3 N–H and O–H groups in total. The Labute approximate surface area is 113 Å². The van der Waals surface area contributed by atoms with Gasteiger partial charge in [-0.15, -0.1) is 0 Å². The molecule has 2 aliphatic rings. The second kappa shape index (κ2) is 3.39. The number of ketones is 2. The molecule has 2 aromatic rings. The molecule has 1 aromatic heterocycles. The van der Waals surface area contributed by atoms with E-state index in [1.807, 2.05) is 0 Å². The van der Waals surface area contributed by atoms with Crippen molar-refractivity contribution < 1.29 is 19.8 Å². The van der Waals surface area contributed by atoms with E-state index in [1.165, 1.54) is 24.5 Å². The molecular formula is C15H9NO4. The Morgan fingerprint density at radius 3 is 2.35 bits per heavy atom. The molecule has 0 spiro atoms. The SMILES string of the molecule is O=C1C2=C(C(=O)c3c[nH]cc31)c1c(O)ccc(O)c1C2. The van der Waals surface area contributed by atoms with Crippen LogP contribution < -0.4 is 0 Å². The van der Waals surface area contributed by atoms with Crippen LogP contribution in [0.4, 0.5) is 0 Å². The number of hydrogen-bond donors (Lipinski definition) is 3. The lowest BCUT2D eigenvalue weighted by molar-refractivity contribution is 0.0992. The number of fused-ring (bicyclic) bond motifs is 3. The molecule has 5 nitrogen and oxygen atoms in total. The number of phenols is 2. The van der Waals surface area contributed by atoms with E-state index < -0.39 is 0 Å². The molecule has 0 fully saturated rings. The molecule has 0 saturated heterocycles. The number of aromatic hydroxyl groups is 2. The number of rotatable bonds is 0. The van der Waals surface area contributed by atoms with Crippen LogP contribution in [0, 0.1) is 0 Å². The molecule has 0 unspecified atom stereocenters. The average Bonchev–Trinajstić information content (AvgIpc) is 3.05. The highest BCUT2D eigenvalue weighted by atomic mass is 16.3. The molecule has 0 atom stereocenters. The van der Waals surface area contributed by atoms with Gasteiger partial charge in [0, 0.05) is 41.1 Å². The van der Waals surface area contributed by atoms with Crippen LogP contribution in [-0.4, -0.2) is 26.8 Å². The normalized spacial score (nSPS) is 16.2. The Balaban J connectivity index is 2.04. The number of aromatic nitrogens is 1. The van der Waals surface area contributed by atoms with Gasteiger partial charge in [0.1, 0.15) is 11.5 Å². The summed E-state index contributed by atoms with van der Waals surface area (Å²) in [5.41, 5.74) is 1.93. The third kappa shape index (κ3) is 1.12. The van der Waals surface area contributed by atoms with E-state index in [4.69, 9.17) is 0 Å². The van der Waals surface area contributed by atoms with Crippen LogP contribution in [0.1, 0.15) is 31.8 Å². The molecule has 0 saturated carbocycles. The number of benzene rings is 1. The lowest BCUT2D eigenvalue weighted by Gasteiger charge is -2.13. The van der Waals surface area contributed by atoms with Gasteiger partial charge in [-0.3, -0.25) is 9.59 Å². The van der Waals surface area contributed by atoms with Gasteiger partial charge in [0.2, 0.25) is 0 Å². The summed E-state index contributed by atoms with van der Waals surface area (Å²) < 4.78 is 0. The molecule has 0 aliphatic heterocycles. The molecule has 98 valence electrons. The fourth-order valence-corrected chi connectivity index (χ4v) is 2.98. The van der Waals surface area contributed by atoms with E-state index in [-0.39, 0.29) is 40.6 Å². The Hall–Kier alpha value is -2.82. The number of nitrogens with one attached hydrogen (secondary N) is 1. The van der Waals surface area contributed by atoms with Crippen LogP contribution in [0.2, 0.25) is 0 Å². The van der Waals surface area contributed by atoms with Crippen LogP contribution in [0.25, 0.3) is 5.57 Å².